The number of hydrogen-bond donors (Lipinski definition) is 1. The first-order valence-corrected chi connectivity index (χ1v) is 12.7. The smallest absolute Gasteiger partial charge is 0.363 e. The van der Waals surface area contributed by atoms with E-state index in [1.807, 2.05) is 0 Å². The molecule has 0 saturated heterocycles. The second kappa shape index (κ2) is 12.0. The summed E-state index contributed by atoms with van der Waals surface area (Å²) in [7, 11) is -0.302. The van der Waals surface area contributed by atoms with Gasteiger partial charge < -0.3 is 19.1 Å². The molecule has 1 atom stereocenters. The van der Waals surface area contributed by atoms with Gasteiger partial charge in [0.25, 0.3) is 0 Å². The Morgan fingerprint density at radius 2 is 1.74 bits per heavy atom. The van der Waals surface area contributed by atoms with Crippen molar-refractivity contribution < 1.29 is 27.5 Å². The Morgan fingerprint density at radius 3 is 2.31 bits per heavy atom. The summed E-state index contributed by atoms with van der Waals surface area (Å²) < 4.78 is 44.3. The highest BCUT2D eigenvalue weighted by molar-refractivity contribution is 7.54. The Morgan fingerprint density at radius 1 is 1.11 bits per heavy atom. The average Bonchev–Trinajstić information content (AvgIpc) is 3.20. The number of methoxy groups -OCH3 is 1. The maximum absolute atomic E-state index is 13.3. The maximum Gasteiger partial charge on any atom is 0.363 e. The van der Waals surface area contributed by atoms with Gasteiger partial charge in [0, 0.05) is 37.0 Å². The molecule has 0 spiro atoms. The van der Waals surface area contributed by atoms with E-state index in [0.29, 0.717) is 11.3 Å². The standard InChI is InChI=1S/C25H29FN3O5P/c1-5-33-35(31,34-6-2)25(32-4)19-9-14-22(15-10-19)28-23(30)16-11-20-17-27-29(3)24(20)18-7-12-21(26)13-8-18/h7-17,25H,5-6H2,1-4H3,(H,28,30)/b16-11+. The van der Waals surface area contributed by atoms with Crippen LogP contribution in [0.1, 0.15) is 30.8 Å². The number of amides is 1. The molecule has 35 heavy (non-hydrogen) atoms. The Hall–Kier alpha value is -3.10. The van der Waals surface area contributed by atoms with Crippen LogP contribution in [0.4, 0.5) is 10.1 Å². The molecule has 1 N–H and O–H groups in total. The minimum absolute atomic E-state index is 0.220. The fourth-order valence-electron chi connectivity index (χ4n) is 3.60. The summed E-state index contributed by atoms with van der Waals surface area (Å²) >= 11 is 0. The van der Waals surface area contributed by atoms with E-state index in [1.165, 1.54) is 25.3 Å². The Bertz CT molecular complexity index is 1200. The molecule has 0 aliphatic heterocycles. The van der Waals surface area contributed by atoms with E-state index < -0.39 is 13.4 Å². The summed E-state index contributed by atoms with van der Waals surface area (Å²) in [5.74, 6) is -1.56. The third-order valence-electron chi connectivity index (χ3n) is 5.09. The largest absolute Gasteiger partial charge is 0.364 e. The second-order valence-electron chi connectivity index (χ2n) is 7.49. The number of benzene rings is 2. The van der Waals surface area contributed by atoms with Gasteiger partial charge in [-0.15, -0.1) is 0 Å². The molecule has 0 aliphatic carbocycles. The predicted octanol–water partition coefficient (Wildman–Crippen LogP) is 5.79. The van der Waals surface area contributed by atoms with Crippen LogP contribution in [-0.4, -0.2) is 36.0 Å². The second-order valence-corrected chi connectivity index (χ2v) is 9.55. The SMILES string of the molecule is CCOP(=O)(OCC)C(OC)c1ccc(NC(=O)/C=C/c2cnn(C)c2-c2ccc(F)cc2)cc1. The number of aryl methyl sites for hydroxylation is 1. The number of carbonyl (C=O) groups is 1. The average molecular weight is 501 g/mol. The van der Waals surface area contributed by atoms with E-state index >= 15 is 0 Å². The zero-order chi connectivity index (χ0) is 25.4. The lowest BCUT2D eigenvalue weighted by atomic mass is 10.1. The van der Waals surface area contributed by atoms with Crippen molar-refractivity contribution in [2.45, 2.75) is 19.7 Å². The van der Waals surface area contributed by atoms with E-state index in [4.69, 9.17) is 13.8 Å². The molecule has 3 aromatic rings. The molecule has 0 fully saturated rings. The topological polar surface area (TPSA) is 91.7 Å². The first kappa shape index (κ1) is 26.5. The summed E-state index contributed by atoms with van der Waals surface area (Å²) in [6, 6.07) is 12.8. The Labute approximate surface area is 204 Å². The van der Waals surface area contributed by atoms with Crippen molar-refractivity contribution in [2.75, 3.05) is 25.6 Å². The number of hydrogen-bond acceptors (Lipinski definition) is 6. The van der Waals surface area contributed by atoms with Crippen LogP contribution in [0.15, 0.2) is 60.8 Å². The summed E-state index contributed by atoms with van der Waals surface area (Å²) in [6.07, 6.45) is 4.68. The normalized spacial score (nSPS) is 12.7. The van der Waals surface area contributed by atoms with Gasteiger partial charge in [-0.3, -0.25) is 14.0 Å². The Kier molecular flexibility index (Phi) is 9.12. The minimum Gasteiger partial charge on any atom is -0.364 e. The predicted molar refractivity (Wildman–Crippen MR) is 133 cm³/mol. The molecular weight excluding hydrogens is 472 g/mol. The highest BCUT2D eigenvalue weighted by Gasteiger charge is 2.37. The van der Waals surface area contributed by atoms with Crippen molar-refractivity contribution in [3.8, 4) is 11.3 Å². The van der Waals surface area contributed by atoms with Crippen molar-refractivity contribution >= 4 is 25.3 Å². The summed E-state index contributed by atoms with van der Waals surface area (Å²) in [6.45, 7) is 3.91. The monoisotopic (exact) mass is 501 g/mol. The van der Waals surface area contributed by atoms with Crippen LogP contribution in [0, 0.1) is 5.82 Å². The van der Waals surface area contributed by atoms with Gasteiger partial charge in [-0.1, -0.05) is 12.1 Å². The molecule has 1 aromatic heterocycles. The molecule has 3 rings (SSSR count). The van der Waals surface area contributed by atoms with Gasteiger partial charge in [-0.2, -0.15) is 5.10 Å². The van der Waals surface area contributed by atoms with Crippen LogP contribution in [0.3, 0.4) is 0 Å². The van der Waals surface area contributed by atoms with Crippen LogP contribution in [0.5, 0.6) is 0 Å². The zero-order valence-corrected chi connectivity index (χ0v) is 21.0. The highest BCUT2D eigenvalue weighted by Crippen LogP contribution is 2.61. The minimum atomic E-state index is -3.52. The van der Waals surface area contributed by atoms with Crippen molar-refractivity contribution in [1.82, 2.24) is 9.78 Å². The summed E-state index contributed by atoms with van der Waals surface area (Å²) in [5, 5.41) is 7.03. The maximum atomic E-state index is 13.3. The van der Waals surface area contributed by atoms with Crippen LogP contribution >= 0.6 is 7.60 Å². The number of carbonyl (C=O) groups excluding carboxylic acids is 1. The van der Waals surface area contributed by atoms with Gasteiger partial charge in [0.15, 0.2) is 5.85 Å². The third kappa shape index (κ3) is 6.52. The molecule has 1 heterocycles. The van der Waals surface area contributed by atoms with Gasteiger partial charge in [-0.05, 0) is 61.9 Å². The van der Waals surface area contributed by atoms with E-state index in [9.17, 15) is 13.8 Å². The van der Waals surface area contributed by atoms with Crippen LogP contribution in [0.2, 0.25) is 0 Å². The fourth-order valence-corrected chi connectivity index (χ4v) is 5.46. The number of anilines is 1. The number of aromatic nitrogens is 2. The van der Waals surface area contributed by atoms with Crippen LogP contribution < -0.4 is 5.32 Å². The lowest BCUT2D eigenvalue weighted by molar-refractivity contribution is -0.111. The van der Waals surface area contributed by atoms with Gasteiger partial charge in [0.05, 0.1) is 25.1 Å². The molecular formula is C25H29FN3O5P. The first-order chi connectivity index (χ1) is 16.8. The first-order valence-electron chi connectivity index (χ1n) is 11.1. The van der Waals surface area contributed by atoms with Crippen molar-refractivity contribution in [2.24, 2.45) is 7.05 Å². The molecule has 0 aliphatic rings. The zero-order valence-electron chi connectivity index (χ0n) is 20.1. The van der Waals surface area contributed by atoms with Crippen molar-refractivity contribution in [3.05, 3.63) is 77.7 Å². The molecule has 10 heteroatoms. The number of nitrogens with zero attached hydrogens (tertiary/aromatic N) is 2. The molecule has 0 bridgehead atoms. The van der Waals surface area contributed by atoms with Crippen LogP contribution in [0.25, 0.3) is 17.3 Å². The fraction of sp³-hybridized carbons (Fsp3) is 0.280. The van der Waals surface area contributed by atoms with Gasteiger partial charge in [0.1, 0.15) is 5.82 Å². The molecule has 0 saturated carbocycles. The molecule has 186 valence electrons. The lowest BCUT2D eigenvalue weighted by Crippen LogP contribution is -2.10. The number of nitrogens with one attached hydrogen (secondary N) is 1. The molecule has 1 amide bonds. The van der Waals surface area contributed by atoms with Crippen molar-refractivity contribution in [3.63, 3.8) is 0 Å². The molecule has 8 nitrogen and oxygen atoms in total. The quantitative estimate of drug-likeness (QED) is 0.264. The molecule has 0 radical (unpaired) electrons. The van der Waals surface area contributed by atoms with Gasteiger partial charge >= 0.3 is 7.60 Å². The van der Waals surface area contributed by atoms with E-state index in [2.05, 4.69) is 10.4 Å². The number of ether oxygens (including phenoxy) is 1. The van der Waals surface area contributed by atoms with Crippen molar-refractivity contribution in [1.29, 1.82) is 0 Å². The van der Waals surface area contributed by atoms with Crippen LogP contribution in [-0.2, 0) is 30.2 Å². The summed E-state index contributed by atoms with van der Waals surface area (Å²) in [5.41, 5.74) is 3.41. The van der Waals surface area contributed by atoms with E-state index in [0.717, 1.165) is 16.8 Å². The van der Waals surface area contributed by atoms with E-state index in [-0.39, 0.29) is 24.9 Å². The third-order valence-corrected chi connectivity index (χ3v) is 7.41. The summed E-state index contributed by atoms with van der Waals surface area (Å²) in [4.78, 5) is 12.5. The van der Waals surface area contributed by atoms with Gasteiger partial charge in [-0.25, -0.2) is 4.39 Å². The van der Waals surface area contributed by atoms with Gasteiger partial charge in [0.2, 0.25) is 5.91 Å². The molecule has 2 aromatic carbocycles. The van der Waals surface area contributed by atoms with E-state index in [1.54, 1.807) is 74.2 Å². The number of rotatable bonds is 11. The lowest BCUT2D eigenvalue weighted by Gasteiger charge is -2.25. The molecule has 1 unspecified atom stereocenters. The number of halogens is 1. The highest BCUT2D eigenvalue weighted by atomic mass is 31.2. The Balaban J connectivity index is 1.72.